The third kappa shape index (κ3) is 2.01. The summed E-state index contributed by atoms with van der Waals surface area (Å²) in [4.78, 5) is 32.5. The number of urea groups is 1. The topological polar surface area (TPSA) is 108 Å². The number of nitrogens with one attached hydrogen (secondary N) is 2. The minimum absolute atomic E-state index is 0.0739. The largest absolute Gasteiger partial charge is 0.411 e. The number of hydrogen-bond donors (Lipinski definition) is 3. The van der Waals surface area contributed by atoms with E-state index in [-0.39, 0.29) is 6.54 Å². The molecule has 0 bridgehead atoms. The molecule has 0 aromatic rings. The summed E-state index contributed by atoms with van der Waals surface area (Å²) in [5, 5.41) is 14.7. The van der Waals surface area contributed by atoms with Crippen molar-refractivity contribution in [2.24, 2.45) is 11.1 Å². The summed E-state index contributed by atoms with van der Waals surface area (Å²) in [6.45, 7) is -0.0739. The maximum absolute atomic E-state index is 11.0. The molecule has 1 aliphatic heterocycles. The number of carbonyl (C=O) groups excluding carboxylic acids is 3. The number of nitrogens with zero attached hydrogens (tertiary/aromatic N) is 1. The molecule has 3 amide bonds. The van der Waals surface area contributed by atoms with Gasteiger partial charge in [0.1, 0.15) is 12.1 Å². The maximum atomic E-state index is 11.0. The molecule has 1 heterocycles. The van der Waals surface area contributed by atoms with E-state index in [1.807, 2.05) is 5.32 Å². The zero-order valence-electron chi connectivity index (χ0n) is 6.48. The van der Waals surface area contributed by atoms with Crippen LogP contribution in [0.25, 0.3) is 0 Å². The van der Waals surface area contributed by atoms with Gasteiger partial charge in [-0.1, -0.05) is 5.16 Å². The smallest absolute Gasteiger partial charge is 0.321 e. The van der Waals surface area contributed by atoms with Crippen LogP contribution in [-0.4, -0.2) is 35.7 Å². The predicted octanol–water partition coefficient (Wildman–Crippen LogP) is -1.53. The van der Waals surface area contributed by atoms with E-state index in [0.717, 1.165) is 0 Å². The number of rotatable bonds is 2. The normalized spacial score (nSPS) is 22.6. The maximum Gasteiger partial charge on any atom is 0.321 e. The van der Waals surface area contributed by atoms with E-state index < -0.39 is 23.6 Å². The van der Waals surface area contributed by atoms with Crippen LogP contribution in [0.4, 0.5) is 4.79 Å². The fourth-order valence-corrected chi connectivity index (χ4v) is 0.907. The molecule has 1 aliphatic rings. The van der Waals surface area contributed by atoms with Gasteiger partial charge in [-0.2, -0.15) is 0 Å². The average molecular weight is 185 g/mol. The first kappa shape index (κ1) is 9.17. The molecule has 1 unspecified atom stereocenters. The summed E-state index contributed by atoms with van der Waals surface area (Å²) in [5.41, 5.74) is 0. The minimum Gasteiger partial charge on any atom is -0.411 e. The van der Waals surface area contributed by atoms with Crippen molar-refractivity contribution in [2.75, 3.05) is 6.54 Å². The number of oxime groups is 1. The van der Waals surface area contributed by atoms with Gasteiger partial charge in [0.05, 0.1) is 0 Å². The molecule has 0 spiro atoms. The van der Waals surface area contributed by atoms with E-state index >= 15 is 0 Å². The lowest BCUT2D eigenvalue weighted by Crippen LogP contribution is -2.54. The minimum atomic E-state index is -1.01. The fraction of sp³-hybridized carbons (Fsp3) is 0.333. The lowest BCUT2D eigenvalue weighted by Gasteiger charge is -2.19. The number of carbonyl (C=O) groups is 3. The van der Waals surface area contributed by atoms with E-state index in [9.17, 15) is 14.4 Å². The van der Waals surface area contributed by atoms with Crippen LogP contribution in [0.3, 0.4) is 0 Å². The zero-order valence-corrected chi connectivity index (χ0v) is 6.48. The van der Waals surface area contributed by atoms with Crippen LogP contribution in [-0.2, 0) is 9.59 Å². The van der Waals surface area contributed by atoms with Crippen LogP contribution in [0.1, 0.15) is 0 Å². The Hall–Kier alpha value is -1.92. The second kappa shape index (κ2) is 3.65. The molecule has 3 N–H and O–H groups in total. The van der Waals surface area contributed by atoms with Crippen molar-refractivity contribution in [1.29, 1.82) is 0 Å². The van der Waals surface area contributed by atoms with Crippen molar-refractivity contribution in [3.05, 3.63) is 0 Å². The number of imide groups is 1. The number of amides is 3. The van der Waals surface area contributed by atoms with E-state index in [1.165, 1.54) is 0 Å². The quantitative estimate of drug-likeness (QED) is 0.210. The summed E-state index contributed by atoms with van der Waals surface area (Å²) in [6, 6.07) is -0.630. The Morgan fingerprint density at radius 2 is 2.31 bits per heavy atom. The van der Waals surface area contributed by atoms with Gasteiger partial charge in [-0.05, 0) is 0 Å². The second-order valence-electron chi connectivity index (χ2n) is 2.40. The first-order chi connectivity index (χ1) is 6.15. The van der Waals surface area contributed by atoms with Gasteiger partial charge >= 0.3 is 6.03 Å². The second-order valence-corrected chi connectivity index (χ2v) is 2.40. The van der Waals surface area contributed by atoms with Crippen LogP contribution in [0.15, 0.2) is 5.16 Å². The fourth-order valence-electron chi connectivity index (χ4n) is 0.907. The van der Waals surface area contributed by atoms with E-state index in [4.69, 9.17) is 5.21 Å². The third-order valence-electron chi connectivity index (χ3n) is 1.55. The van der Waals surface area contributed by atoms with E-state index in [2.05, 4.69) is 10.5 Å². The first-order valence-corrected chi connectivity index (χ1v) is 3.45. The Kier molecular flexibility index (Phi) is 2.58. The summed E-state index contributed by atoms with van der Waals surface area (Å²) < 4.78 is 0. The highest BCUT2D eigenvalue weighted by Crippen LogP contribution is 2.00. The van der Waals surface area contributed by atoms with Crippen LogP contribution in [0.2, 0.25) is 0 Å². The highest BCUT2D eigenvalue weighted by Gasteiger charge is 2.31. The van der Waals surface area contributed by atoms with Gasteiger partial charge in [0.2, 0.25) is 5.91 Å². The van der Waals surface area contributed by atoms with Gasteiger partial charge in [0.15, 0.2) is 5.78 Å². The van der Waals surface area contributed by atoms with Crippen molar-refractivity contribution in [3.8, 4) is 0 Å². The third-order valence-corrected chi connectivity index (χ3v) is 1.55. The molecule has 1 atom stereocenters. The molecule has 13 heavy (non-hydrogen) atoms. The van der Waals surface area contributed by atoms with Crippen molar-refractivity contribution < 1.29 is 19.6 Å². The molecule has 0 radical (unpaired) electrons. The molecule has 7 heteroatoms. The average Bonchev–Trinajstić information content (AvgIpc) is 2.04. The van der Waals surface area contributed by atoms with Gasteiger partial charge in [-0.25, -0.2) is 4.79 Å². The van der Waals surface area contributed by atoms with Crippen molar-refractivity contribution in [2.45, 2.75) is 0 Å². The lowest BCUT2D eigenvalue weighted by atomic mass is 10.0. The van der Waals surface area contributed by atoms with Crippen molar-refractivity contribution in [3.63, 3.8) is 0 Å². The molecule has 0 aromatic heterocycles. The molecule has 1 rings (SSSR count). The monoisotopic (exact) mass is 185 g/mol. The predicted molar refractivity (Wildman–Crippen MR) is 40.3 cm³/mol. The molecule has 0 aliphatic carbocycles. The summed E-state index contributed by atoms with van der Waals surface area (Å²) in [5.74, 6) is -2.35. The van der Waals surface area contributed by atoms with Gasteiger partial charge < -0.3 is 10.5 Å². The highest BCUT2D eigenvalue weighted by molar-refractivity contribution is 6.34. The van der Waals surface area contributed by atoms with Crippen molar-refractivity contribution in [1.82, 2.24) is 10.6 Å². The lowest BCUT2D eigenvalue weighted by molar-refractivity contribution is -0.130. The van der Waals surface area contributed by atoms with Crippen molar-refractivity contribution >= 4 is 23.9 Å². The zero-order chi connectivity index (χ0) is 9.84. The van der Waals surface area contributed by atoms with E-state index in [0.29, 0.717) is 6.21 Å². The first-order valence-electron chi connectivity index (χ1n) is 3.45. The molecular formula is C6H7N3O4. The molecule has 0 aromatic carbocycles. The van der Waals surface area contributed by atoms with Gasteiger partial charge in [0, 0.05) is 6.54 Å². The number of hydrogen-bond acceptors (Lipinski definition) is 5. The van der Waals surface area contributed by atoms with Crippen LogP contribution in [0.5, 0.6) is 0 Å². The SMILES string of the molecule is O=C1NCC(C(=O)/C=N/O)C(=O)N1. The van der Waals surface area contributed by atoms with Crippen LogP contribution in [0, 0.1) is 5.92 Å². The summed E-state index contributed by atoms with van der Waals surface area (Å²) in [7, 11) is 0. The molecule has 1 fully saturated rings. The summed E-state index contributed by atoms with van der Waals surface area (Å²) >= 11 is 0. The molecule has 1 saturated heterocycles. The number of Topliss-reactive ketones (excluding diaryl/α,β-unsaturated/α-hetero) is 1. The molecule has 7 nitrogen and oxygen atoms in total. The highest BCUT2D eigenvalue weighted by atomic mass is 16.4. The Labute approximate surface area is 72.8 Å². The Morgan fingerprint density at radius 1 is 1.62 bits per heavy atom. The standard InChI is InChI=1S/C6H7N3O4/c10-4(2-8-13)3-1-7-6(12)9-5(3)11/h2-3,13H,1H2,(H2,7,9,11,12)/b8-2+. The molecule has 0 saturated carbocycles. The Bertz CT molecular complexity index is 286. The van der Waals surface area contributed by atoms with Gasteiger partial charge in [0.25, 0.3) is 0 Å². The van der Waals surface area contributed by atoms with E-state index in [1.54, 1.807) is 0 Å². The van der Waals surface area contributed by atoms with Crippen LogP contribution >= 0.6 is 0 Å². The van der Waals surface area contributed by atoms with Crippen LogP contribution < -0.4 is 10.6 Å². The van der Waals surface area contributed by atoms with Gasteiger partial charge in [-0.3, -0.25) is 14.9 Å². The Balaban J connectivity index is 2.66. The summed E-state index contributed by atoms with van der Waals surface area (Å²) in [6.07, 6.45) is 0.627. The number of ketones is 1. The molecular weight excluding hydrogens is 178 g/mol. The van der Waals surface area contributed by atoms with Gasteiger partial charge in [-0.15, -0.1) is 0 Å². The Morgan fingerprint density at radius 3 is 2.85 bits per heavy atom. The molecule has 70 valence electrons.